The van der Waals surface area contributed by atoms with E-state index in [1.54, 1.807) is 0 Å². The third-order valence-corrected chi connectivity index (χ3v) is 6.17. The van der Waals surface area contributed by atoms with Crippen LogP contribution in [0.25, 0.3) is 0 Å². The second kappa shape index (κ2) is 6.13. The molecule has 1 heterocycles. The van der Waals surface area contributed by atoms with Crippen LogP contribution in [0.15, 0.2) is 0 Å². The number of likely N-dealkylation sites (tertiary alicyclic amines) is 1. The normalized spacial score (nSPS) is 35.5. The Morgan fingerprint density at radius 3 is 2.32 bits per heavy atom. The number of rotatable bonds is 3. The van der Waals surface area contributed by atoms with Gasteiger partial charge >= 0.3 is 0 Å². The molecule has 2 aliphatic rings. The minimum atomic E-state index is 0.414. The summed E-state index contributed by atoms with van der Waals surface area (Å²) in [6, 6.07) is 1.06. The summed E-state index contributed by atoms with van der Waals surface area (Å²) in [5, 5.41) is 0. The van der Waals surface area contributed by atoms with Gasteiger partial charge in [-0.25, -0.2) is 0 Å². The highest BCUT2D eigenvalue weighted by molar-refractivity contribution is 4.94. The summed E-state index contributed by atoms with van der Waals surface area (Å²) in [6.07, 6.45) is 7.91. The first-order chi connectivity index (χ1) is 8.94. The van der Waals surface area contributed by atoms with Crippen molar-refractivity contribution >= 4 is 0 Å². The molecule has 1 saturated carbocycles. The minimum Gasteiger partial charge on any atom is -0.326 e. The van der Waals surface area contributed by atoms with E-state index >= 15 is 0 Å². The van der Waals surface area contributed by atoms with Gasteiger partial charge in [0.05, 0.1) is 0 Å². The van der Waals surface area contributed by atoms with E-state index < -0.39 is 0 Å². The Labute approximate surface area is 120 Å². The highest BCUT2D eigenvalue weighted by Gasteiger charge is 2.38. The van der Waals surface area contributed by atoms with E-state index in [0.29, 0.717) is 17.5 Å². The zero-order valence-corrected chi connectivity index (χ0v) is 13.5. The summed E-state index contributed by atoms with van der Waals surface area (Å²) in [4.78, 5) is 2.71. The predicted octanol–water partition coefficient (Wildman–Crippen LogP) is 3.65. The molecule has 0 aromatic heterocycles. The van der Waals surface area contributed by atoms with Crippen molar-refractivity contribution in [3.05, 3.63) is 0 Å². The molecule has 1 saturated heterocycles. The van der Waals surface area contributed by atoms with Gasteiger partial charge in [0.1, 0.15) is 0 Å². The van der Waals surface area contributed by atoms with Gasteiger partial charge < -0.3 is 5.73 Å². The fourth-order valence-electron chi connectivity index (χ4n) is 3.95. The summed E-state index contributed by atoms with van der Waals surface area (Å²) in [5.41, 5.74) is 6.94. The molecule has 0 aromatic rings. The molecule has 0 amide bonds. The van der Waals surface area contributed by atoms with Crippen molar-refractivity contribution in [2.75, 3.05) is 13.1 Å². The van der Waals surface area contributed by atoms with Gasteiger partial charge in [-0.1, -0.05) is 34.1 Å². The summed E-state index contributed by atoms with van der Waals surface area (Å²) in [7, 11) is 0. The van der Waals surface area contributed by atoms with Crippen LogP contribution in [0.5, 0.6) is 0 Å². The SMILES string of the molecule is CCC(C)(C)C1CCC(N)C(N2CCC(C)CC2)C1. The van der Waals surface area contributed by atoms with E-state index in [0.717, 1.165) is 11.8 Å². The van der Waals surface area contributed by atoms with E-state index in [1.807, 2.05) is 0 Å². The van der Waals surface area contributed by atoms with E-state index in [1.165, 1.54) is 51.6 Å². The molecule has 0 spiro atoms. The van der Waals surface area contributed by atoms with Crippen LogP contribution in [0, 0.1) is 17.3 Å². The maximum atomic E-state index is 6.45. The lowest BCUT2D eigenvalue weighted by molar-refractivity contribution is 0.0424. The first-order valence-electron chi connectivity index (χ1n) is 8.43. The van der Waals surface area contributed by atoms with Crippen LogP contribution in [0.2, 0.25) is 0 Å². The van der Waals surface area contributed by atoms with Crippen LogP contribution in [0.4, 0.5) is 0 Å². The molecule has 2 fully saturated rings. The smallest absolute Gasteiger partial charge is 0.0250 e. The van der Waals surface area contributed by atoms with Crippen molar-refractivity contribution in [2.45, 2.75) is 78.3 Å². The molecule has 19 heavy (non-hydrogen) atoms. The Morgan fingerprint density at radius 1 is 1.11 bits per heavy atom. The molecule has 2 N–H and O–H groups in total. The standard InChI is InChI=1S/C17H34N2/c1-5-17(3,4)14-6-7-15(18)16(12-14)19-10-8-13(2)9-11-19/h13-16H,5-12,18H2,1-4H3. The number of hydrogen-bond donors (Lipinski definition) is 1. The highest BCUT2D eigenvalue weighted by atomic mass is 15.2. The van der Waals surface area contributed by atoms with Crippen molar-refractivity contribution in [2.24, 2.45) is 23.0 Å². The van der Waals surface area contributed by atoms with Gasteiger partial charge in [0.15, 0.2) is 0 Å². The maximum Gasteiger partial charge on any atom is 0.0250 e. The van der Waals surface area contributed by atoms with Crippen molar-refractivity contribution in [1.29, 1.82) is 0 Å². The first kappa shape index (κ1) is 15.3. The molecule has 2 nitrogen and oxygen atoms in total. The summed E-state index contributed by atoms with van der Waals surface area (Å²) < 4.78 is 0. The fraction of sp³-hybridized carbons (Fsp3) is 1.00. The fourth-order valence-corrected chi connectivity index (χ4v) is 3.95. The average Bonchev–Trinajstić information content (AvgIpc) is 2.40. The second-order valence-corrected chi connectivity index (χ2v) is 7.80. The van der Waals surface area contributed by atoms with Crippen LogP contribution in [-0.4, -0.2) is 30.1 Å². The summed E-state index contributed by atoms with van der Waals surface area (Å²) >= 11 is 0. The minimum absolute atomic E-state index is 0.414. The largest absolute Gasteiger partial charge is 0.326 e. The van der Waals surface area contributed by atoms with Gasteiger partial charge in [0.2, 0.25) is 0 Å². The van der Waals surface area contributed by atoms with E-state index in [2.05, 4.69) is 32.6 Å². The molecule has 1 aliphatic carbocycles. The summed E-state index contributed by atoms with van der Waals surface area (Å²) in [6.45, 7) is 12.2. The zero-order valence-electron chi connectivity index (χ0n) is 13.5. The summed E-state index contributed by atoms with van der Waals surface area (Å²) in [5.74, 6) is 1.78. The second-order valence-electron chi connectivity index (χ2n) is 7.80. The monoisotopic (exact) mass is 266 g/mol. The quantitative estimate of drug-likeness (QED) is 0.845. The highest BCUT2D eigenvalue weighted by Crippen LogP contribution is 2.41. The van der Waals surface area contributed by atoms with Gasteiger partial charge in [-0.3, -0.25) is 4.90 Å². The Balaban J connectivity index is 1.98. The Hall–Kier alpha value is -0.0800. The molecule has 3 unspecified atom stereocenters. The molecule has 2 rings (SSSR count). The molecule has 0 aromatic carbocycles. The van der Waals surface area contributed by atoms with Gasteiger partial charge in [-0.15, -0.1) is 0 Å². The lowest BCUT2D eigenvalue weighted by Gasteiger charge is -2.47. The molecular weight excluding hydrogens is 232 g/mol. The number of piperidine rings is 1. The van der Waals surface area contributed by atoms with E-state index in [9.17, 15) is 0 Å². The predicted molar refractivity (Wildman–Crippen MR) is 83.1 cm³/mol. The third-order valence-electron chi connectivity index (χ3n) is 6.17. The molecule has 0 bridgehead atoms. The molecule has 112 valence electrons. The van der Waals surface area contributed by atoms with Crippen molar-refractivity contribution in [3.8, 4) is 0 Å². The topological polar surface area (TPSA) is 29.3 Å². The van der Waals surface area contributed by atoms with Crippen LogP contribution < -0.4 is 5.73 Å². The third kappa shape index (κ3) is 3.52. The molecule has 3 atom stereocenters. The average molecular weight is 266 g/mol. The number of nitrogens with two attached hydrogens (primary N) is 1. The lowest BCUT2D eigenvalue weighted by atomic mass is 9.67. The van der Waals surface area contributed by atoms with E-state index in [-0.39, 0.29) is 0 Å². The Morgan fingerprint density at radius 2 is 1.74 bits per heavy atom. The molecule has 1 aliphatic heterocycles. The van der Waals surface area contributed by atoms with Gasteiger partial charge in [-0.05, 0) is 62.4 Å². The number of nitrogens with zero attached hydrogens (tertiary/aromatic N) is 1. The van der Waals surface area contributed by atoms with Gasteiger partial charge in [0, 0.05) is 12.1 Å². The molecule has 2 heteroatoms. The van der Waals surface area contributed by atoms with Gasteiger partial charge in [-0.2, -0.15) is 0 Å². The van der Waals surface area contributed by atoms with Crippen LogP contribution in [-0.2, 0) is 0 Å². The lowest BCUT2D eigenvalue weighted by Crippen LogP contribution is -2.54. The first-order valence-corrected chi connectivity index (χ1v) is 8.43. The Bertz CT molecular complexity index is 279. The Kier molecular flexibility index (Phi) is 4.94. The van der Waals surface area contributed by atoms with E-state index in [4.69, 9.17) is 5.73 Å². The van der Waals surface area contributed by atoms with Crippen molar-refractivity contribution in [3.63, 3.8) is 0 Å². The maximum absolute atomic E-state index is 6.45. The molecule has 0 radical (unpaired) electrons. The number of hydrogen-bond acceptors (Lipinski definition) is 2. The van der Waals surface area contributed by atoms with Gasteiger partial charge in [0.25, 0.3) is 0 Å². The molecular formula is C17H34N2. The van der Waals surface area contributed by atoms with Crippen molar-refractivity contribution in [1.82, 2.24) is 4.90 Å². The van der Waals surface area contributed by atoms with Crippen LogP contribution >= 0.6 is 0 Å². The van der Waals surface area contributed by atoms with Crippen LogP contribution in [0.3, 0.4) is 0 Å². The zero-order chi connectivity index (χ0) is 14.0. The van der Waals surface area contributed by atoms with Crippen molar-refractivity contribution < 1.29 is 0 Å². The van der Waals surface area contributed by atoms with Crippen LogP contribution in [0.1, 0.15) is 66.2 Å².